The molecule has 31 heavy (non-hydrogen) atoms. The van der Waals surface area contributed by atoms with Gasteiger partial charge in [-0.3, -0.25) is 9.88 Å². The molecule has 0 radical (unpaired) electrons. The number of nitrogens with zero attached hydrogens (tertiary/aromatic N) is 2. The van der Waals surface area contributed by atoms with E-state index in [2.05, 4.69) is 21.3 Å². The van der Waals surface area contributed by atoms with Crippen LogP contribution in [0, 0.1) is 5.82 Å². The van der Waals surface area contributed by atoms with Gasteiger partial charge in [0, 0.05) is 44.0 Å². The molecule has 162 valence electrons. The Morgan fingerprint density at radius 1 is 1.00 bits per heavy atom. The highest BCUT2D eigenvalue weighted by atomic mass is 19.1. The van der Waals surface area contributed by atoms with Crippen LogP contribution in [0.3, 0.4) is 0 Å². The van der Waals surface area contributed by atoms with Crippen molar-refractivity contribution in [2.75, 3.05) is 32.8 Å². The van der Waals surface area contributed by atoms with Crippen LogP contribution in [0.4, 0.5) is 4.39 Å². The van der Waals surface area contributed by atoms with Gasteiger partial charge in [0.15, 0.2) is 0 Å². The number of morpholine rings is 1. The largest absolute Gasteiger partial charge is 0.487 e. The van der Waals surface area contributed by atoms with Crippen molar-refractivity contribution >= 4 is 0 Å². The summed E-state index contributed by atoms with van der Waals surface area (Å²) in [6.07, 6.45) is 1.77. The molecule has 3 aromatic rings. The van der Waals surface area contributed by atoms with E-state index >= 15 is 0 Å². The minimum Gasteiger partial charge on any atom is -0.487 e. The van der Waals surface area contributed by atoms with Crippen LogP contribution in [0.25, 0.3) is 0 Å². The average molecular weight is 422 g/mol. The van der Waals surface area contributed by atoms with Crippen molar-refractivity contribution in [3.05, 3.63) is 95.6 Å². The first-order valence-electron chi connectivity index (χ1n) is 10.7. The maximum Gasteiger partial charge on any atom is 0.130 e. The zero-order valence-electron chi connectivity index (χ0n) is 17.5. The Morgan fingerprint density at radius 2 is 1.77 bits per heavy atom. The Bertz CT molecular complexity index is 931. The zero-order valence-corrected chi connectivity index (χ0v) is 17.5. The van der Waals surface area contributed by atoms with Crippen LogP contribution in [0.1, 0.15) is 22.9 Å². The Morgan fingerprint density at radius 3 is 2.55 bits per heavy atom. The molecule has 6 heteroatoms. The van der Waals surface area contributed by atoms with Gasteiger partial charge in [0.1, 0.15) is 18.2 Å². The molecule has 0 aliphatic carbocycles. The highest BCUT2D eigenvalue weighted by molar-refractivity contribution is 5.33. The maximum atomic E-state index is 13.4. The monoisotopic (exact) mass is 421 g/mol. The van der Waals surface area contributed by atoms with E-state index in [0.717, 1.165) is 55.4 Å². The molecule has 0 saturated carbocycles. The fourth-order valence-corrected chi connectivity index (χ4v) is 3.80. The molecule has 4 rings (SSSR count). The summed E-state index contributed by atoms with van der Waals surface area (Å²) in [5.41, 5.74) is 3.10. The Hall–Kier alpha value is -2.80. The first kappa shape index (κ1) is 21.4. The van der Waals surface area contributed by atoms with Gasteiger partial charge in [-0.2, -0.15) is 0 Å². The molecule has 1 N–H and O–H groups in total. The van der Waals surface area contributed by atoms with E-state index in [9.17, 15) is 4.39 Å². The molecule has 0 bridgehead atoms. The predicted molar refractivity (Wildman–Crippen MR) is 118 cm³/mol. The van der Waals surface area contributed by atoms with Gasteiger partial charge in [-0.15, -0.1) is 0 Å². The molecule has 2 heterocycles. The summed E-state index contributed by atoms with van der Waals surface area (Å²) in [5.74, 6) is 0.641. The molecule has 1 aromatic heterocycles. The number of nitrogens with one attached hydrogen (secondary N) is 1. The number of aromatic nitrogens is 1. The number of halogens is 1. The van der Waals surface area contributed by atoms with Crippen LogP contribution in [0.5, 0.6) is 5.75 Å². The smallest absolute Gasteiger partial charge is 0.130 e. The average Bonchev–Trinajstić information content (AvgIpc) is 2.83. The highest BCUT2D eigenvalue weighted by Gasteiger charge is 2.22. The lowest BCUT2D eigenvalue weighted by Gasteiger charge is -2.35. The lowest BCUT2D eigenvalue weighted by atomic mass is 10.0. The molecule has 1 atom stereocenters. The Kier molecular flexibility index (Phi) is 7.60. The second-order valence-corrected chi connectivity index (χ2v) is 7.56. The van der Waals surface area contributed by atoms with Gasteiger partial charge >= 0.3 is 0 Å². The molecule has 2 aromatic carbocycles. The van der Waals surface area contributed by atoms with Crippen LogP contribution in [-0.4, -0.2) is 42.7 Å². The van der Waals surface area contributed by atoms with Crippen LogP contribution in [-0.2, 0) is 17.9 Å². The number of hydrogen-bond donors (Lipinski definition) is 1. The van der Waals surface area contributed by atoms with Gasteiger partial charge in [0.2, 0.25) is 0 Å². The molecule has 1 aliphatic heterocycles. The molecule has 1 fully saturated rings. The van der Waals surface area contributed by atoms with Gasteiger partial charge < -0.3 is 14.8 Å². The highest BCUT2D eigenvalue weighted by Crippen LogP contribution is 2.23. The van der Waals surface area contributed by atoms with E-state index in [4.69, 9.17) is 9.47 Å². The molecular weight excluding hydrogens is 393 g/mol. The normalized spacial score (nSPS) is 15.5. The van der Waals surface area contributed by atoms with Gasteiger partial charge in [0.25, 0.3) is 0 Å². The number of ether oxygens (including phenoxy) is 2. The van der Waals surface area contributed by atoms with E-state index < -0.39 is 0 Å². The third-order valence-electron chi connectivity index (χ3n) is 5.47. The zero-order chi connectivity index (χ0) is 21.3. The molecule has 0 amide bonds. The SMILES string of the molecule is Fc1ccc(C(CNCc2ccccc2OCc2ccccn2)N2CCOCC2)cc1. The van der Waals surface area contributed by atoms with E-state index in [1.54, 1.807) is 6.20 Å². The lowest BCUT2D eigenvalue weighted by molar-refractivity contribution is 0.0161. The van der Waals surface area contributed by atoms with Gasteiger partial charge in [-0.1, -0.05) is 36.4 Å². The van der Waals surface area contributed by atoms with Gasteiger partial charge in [-0.25, -0.2) is 4.39 Å². The molecule has 1 unspecified atom stereocenters. The van der Waals surface area contributed by atoms with Crippen LogP contribution >= 0.6 is 0 Å². The second-order valence-electron chi connectivity index (χ2n) is 7.56. The first-order valence-corrected chi connectivity index (χ1v) is 10.7. The minimum absolute atomic E-state index is 0.158. The van der Waals surface area contributed by atoms with Crippen molar-refractivity contribution in [2.45, 2.75) is 19.2 Å². The number of hydrogen-bond acceptors (Lipinski definition) is 5. The summed E-state index contributed by atoms with van der Waals surface area (Å²) < 4.78 is 25.0. The van der Waals surface area contributed by atoms with E-state index in [-0.39, 0.29) is 11.9 Å². The second kappa shape index (κ2) is 11.0. The summed E-state index contributed by atoms with van der Waals surface area (Å²) in [6.45, 7) is 5.05. The van der Waals surface area contributed by atoms with Gasteiger partial charge in [-0.05, 0) is 35.9 Å². The fraction of sp³-hybridized carbons (Fsp3) is 0.320. The van der Waals surface area contributed by atoms with Crippen molar-refractivity contribution in [3.63, 3.8) is 0 Å². The summed E-state index contributed by atoms with van der Waals surface area (Å²) in [5, 5.41) is 3.58. The first-order chi connectivity index (χ1) is 15.3. The summed E-state index contributed by atoms with van der Waals surface area (Å²) >= 11 is 0. The number of pyridine rings is 1. The Labute approximate surface area is 182 Å². The van der Waals surface area contributed by atoms with E-state index in [1.165, 1.54) is 12.1 Å². The summed E-state index contributed by atoms with van der Waals surface area (Å²) in [4.78, 5) is 6.71. The third-order valence-corrected chi connectivity index (χ3v) is 5.47. The van der Waals surface area contributed by atoms with E-state index in [1.807, 2.05) is 48.5 Å². The molecule has 1 saturated heterocycles. The van der Waals surface area contributed by atoms with Gasteiger partial charge in [0.05, 0.1) is 18.9 Å². The number of benzene rings is 2. The van der Waals surface area contributed by atoms with Crippen molar-refractivity contribution in [2.24, 2.45) is 0 Å². The molecule has 5 nitrogen and oxygen atoms in total. The molecular formula is C25H28FN3O2. The van der Waals surface area contributed by atoms with E-state index in [0.29, 0.717) is 13.2 Å². The molecule has 1 aliphatic rings. The predicted octanol–water partition coefficient (Wildman–Crippen LogP) is 3.96. The standard InChI is InChI=1S/C25H28FN3O2/c26-22-10-8-20(9-11-22)24(29-13-15-30-16-14-29)18-27-17-21-5-1-2-7-25(21)31-19-23-6-3-4-12-28-23/h1-12,24,27H,13-19H2. The van der Waals surface area contributed by atoms with Crippen molar-refractivity contribution < 1.29 is 13.9 Å². The van der Waals surface area contributed by atoms with Crippen molar-refractivity contribution in [1.29, 1.82) is 0 Å². The minimum atomic E-state index is -0.212. The summed E-state index contributed by atoms with van der Waals surface area (Å²) in [7, 11) is 0. The van der Waals surface area contributed by atoms with Crippen LogP contribution in [0.15, 0.2) is 72.9 Å². The van der Waals surface area contributed by atoms with Crippen LogP contribution in [0.2, 0.25) is 0 Å². The number of para-hydroxylation sites is 1. The topological polar surface area (TPSA) is 46.6 Å². The van der Waals surface area contributed by atoms with Crippen molar-refractivity contribution in [3.8, 4) is 5.75 Å². The number of rotatable bonds is 9. The fourth-order valence-electron chi connectivity index (χ4n) is 3.80. The lowest BCUT2D eigenvalue weighted by Crippen LogP contribution is -2.42. The molecule has 0 spiro atoms. The Balaban J connectivity index is 1.39. The maximum absolute atomic E-state index is 13.4. The quantitative estimate of drug-likeness (QED) is 0.567. The third kappa shape index (κ3) is 6.10. The van der Waals surface area contributed by atoms with Crippen molar-refractivity contribution in [1.82, 2.24) is 15.2 Å². The van der Waals surface area contributed by atoms with Crippen LogP contribution < -0.4 is 10.1 Å². The summed E-state index contributed by atoms with van der Waals surface area (Å²) in [6, 6.07) is 20.8.